The average Bonchev–Trinajstić information content (AvgIpc) is 3.09. The number of aliphatic hydroxyl groups is 1. The molecular formula is C24H19FN2O2S. The lowest BCUT2D eigenvalue weighted by molar-refractivity contribution is -0.113. The third-order valence-corrected chi connectivity index (χ3v) is 5.60. The molecule has 30 heavy (non-hydrogen) atoms. The number of aliphatic imine (C=N–C) groups is 1. The summed E-state index contributed by atoms with van der Waals surface area (Å²) in [6.07, 6.45) is 1.82. The highest BCUT2D eigenvalue weighted by atomic mass is 32.2. The van der Waals surface area contributed by atoms with Crippen molar-refractivity contribution in [3.05, 3.63) is 106 Å². The number of para-hydroxylation sites is 1. The largest absolute Gasteiger partial charge is 0.392 e. The van der Waals surface area contributed by atoms with Gasteiger partial charge in [0.25, 0.3) is 5.91 Å². The van der Waals surface area contributed by atoms with Crippen LogP contribution in [0.3, 0.4) is 0 Å². The van der Waals surface area contributed by atoms with Gasteiger partial charge in [-0.3, -0.25) is 14.7 Å². The Kier molecular flexibility index (Phi) is 6.07. The fourth-order valence-electron chi connectivity index (χ4n) is 3.00. The van der Waals surface area contributed by atoms with Crippen molar-refractivity contribution in [3.8, 4) is 0 Å². The lowest BCUT2D eigenvalue weighted by Gasteiger charge is -2.15. The predicted molar refractivity (Wildman–Crippen MR) is 119 cm³/mol. The van der Waals surface area contributed by atoms with Gasteiger partial charge in [0.05, 0.1) is 23.7 Å². The number of carbonyl (C=O) groups excluding carboxylic acids is 1. The van der Waals surface area contributed by atoms with Gasteiger partial charge in [-0.25, -0.2) is 4.39 Å². The van der Waals surface area contributed by atoms with E-state index in [-0.39, 0.29) is 18.3 Å². The van der Waals surface area contributed by atoms with Crippen LogP contribution in [0.5, 0.6) is 0 Å². The molecule has 6 heteroatoms. The number of nitrogens with zero attached hydrogens (tertiary/aromatic N) is 2. The number of rotatable bonds is 5. The van der Waals surface area contributed by atoms with Crippen LogP contribution < -0.4 is 4.90 Å². The Labute approximate surface area is 178 Å². The topological polar surface area (TPSA) is 52.9 Å². The van der Waals surface area contributed by atoms with Crippen LogP contribution in [-0.2, 0) is 17.9 Å². The van der Waals surface area contributed by atoms with Crippen LogP contribution in [0.1, 0.15) is 16.7 Å². The maximum atomic E-state index is 13.2. The summed E-state index contributed by atoms with van der Waals surface area (Å²) in [5.41, 5.74) is 3.29. The predicted octanol–water partition coefficient (Wildman–Crippen LogP) is 5.00. The lowest BCUT2D eigenvalue weighted by atomic mass is 10.1. The Hall–Kier alpha value is -3.22. The molecule has 1 N–H and O–H groups in total. The number of benzene rings is 3. The van der Waals surface area contributed by atoms with Crippen LogP contribution >= 0.6 is 11.8 Å². The zero-order valence-corrected chi connectivity index (χ0v) is 16.8. The van der Waals surface area contributed by atoms with Gasteiger partial charge in [0.15, 0.2) is 5.17 Å². The molecule has 0 saturated carbocycles. The van der Waals surface area contributed by atoms with Crippen molar-refractivity contribution in [2.75, 3.05) is 4.90 Å². The summed E-state index contributed by atoms with van der Waals surface area (Å²) >= 11 is 1.31. The molecule has 3 aromatic rings. The van der Waals surface area contributed by atoms with Crippen LogP contribution in [0.2, 0.25) is 0 Å². The molecule has 0 bridgehead atoms. The van der Waals surface area contributed by atoms with E-state index in [2.05, 4.69) is 4.99 Å². The van der Waals surface area contributed by atoms with Crippen molar-refractivity contribution >= 4 is 34.6 Å². The number of halogens is 1. The van der Waals surface area contributed by atoms with Gasteiger partial charge in [-0.15, -0.1) is 0 Å². The molecule has 4 rings (SSSR count). The number of carbonyl (C=O) groups is 1. The molecule has 1 amide bonds. The summed E-state index contributed by atoms with van der Waals surface area (Å²) < 4.78 is 13.2. The fourth-order valence-corrected chi connectivity index (χ4v) is 3.98. The number of hydrogen-bond donors (Lipinski definition) is 1. The number of aliphatic hydroxyl groups excluding tert-OH is 1. The molecule has 1 aliphatic rings. The normalized spacial score (nSPS) is 16.6. The van der Waals surface area contributed by atoms with E-state index in [1.165, 1.54) is 23.9 Å². The van der Waals surface area contributed by atoms with E-state index in [1.807, 2.05) is 60.7 Å². The summed E-state index contributed by atoms with van der Waals surface area (Å²) in [5.74, 6) is -0.435. The number of amidine groups is 1. The Morgan fingerprint density at radius 2 is 1.60 bits per heavy atom. The molecule has 0 unspecified atom stereocenters. The van der Waals surface area contributed by atoms with Crippen LogP contribution in [0.25, 0.3) is 6.08 Å². The molecule has 0 radical (unpaired) electrons. The molecular weight excluding hydrogens is 399 g/mol. The highest BCUT2D eigenvalue weighted by Crippen LogP contribution is 2.36. The van der Waals surface area contributed by atoms with Gasteiger partial charge in [-0.05, 0) is 58.8 Å². The van der Waals surface area contributed by atoms with E-state index in [0.717, 1.165) is 22.4 Å². The van der Waals surface area contributed by atoms with Gasteiger partial charge < -0.3 is 5.11 Å². The fraction of sp³-hybridized carbons (Fsp3) is 0.0833. The van der Waals surface area contributed by atoms with E-state index in [9.17, 15) is 14.3 Å². The van der Waals surface area contributed by atoms with Crippen LogP contribution in [0.15, 0.2) is 88.8 Å². The third kappa shape index (κ3) is 4.50. The highest BCUT2D eigenvalue weighted by molar-refractivity contribution is 8.19. The van der Waals surface area contributed by atoms with Crippen molar-refractivity contribution in [2.45, 2.75) is 13.2 Å². The second-order valence-electron chi connectivity index (χ2n) is 6.71. The Balaban J connectivity index is 1.65. The highest BCUT2D eigenvalue weighted by Gasteiger charge is 2.34. The maximum Gasteiger partial charge on any atom is 0.271 e. The molecule has 0 spiro atoms. The second-order valence-corrected chi connectivity index (χ2v) is 7.72. The zero-order valence-electron chi connectivity index (χ0n) is 16.0. The zero-order chi connectivity index (χ0) is 20.9. The molecule has 1 fully saturated rings. The van der Waals surface area contributed by atoms with E-state index in [4.69, 9.17) is 0 Å². The van der Waals surface area contributed by atoms with E-state index >= 15 is 0 Å². The molecule has 4 nitrogen and oxygen atoms in total. The minimum atomic E-state index is -0.292. The number of thioether (sulfide) groups is 1. The van der Waals surface area contributed by atoms with E-state index in [1.54, 1.807) is 17.0 Å². The van der Waals surface area contributed by atoms with Gasteiger partial charge >= 0.3 is 0 Å². The number of hydrogen-bond acceptors (Lipinski definition) is 4. The maximum absolute atomic E-state index is 13.2. The molecule has 0 aliphatic carbocycles. The Morgan fingerprint density at radius 3 is 2.27 bits per heavy atom. The first-order valence-corrected chi connectivity index (χ1v) is 10.2. The van der Waals surface area contributed by atoms with Crippen molar-refractivity contribution < 1.29 is 14.3 Å². The van der Waals surface area contributed by atoms with E-state index < -0.39 is 0 Å². The smallest absolute Gasteiger partial charge is 0.271 e. The first-order valence-electron chi connectivity index (χ1n) is 9.42. The summed E-state index contributed by atoms with van der Waals surface area (Å²) in [4.78, 5) is 20.0. The molecule has 1 saturated heterocycles. The minimum Gasteiger partial charge on any atom is -0.392 e. The molecule has 1 heterocycles. The minimum absolute atomic E-state index is 0.0213. The summed E-state index contributed by atoms with van der Waals surface area (Å²) in [6.45, 7) is 0.324. The Morgan fingerprint density at radius 1 is 0.933 bits per heavy atom. The van der Waals surface area contributed by atoms with Crippen LogP contribution in [-0.4, -0.2) is 16.2 Å². The lowest BCUT2D eigenvalue weighted by Crippen LogP contribution is -2.28. The second kappa shape index (κ2) is 9.07. The van der Waals surface area contributed by atoms with Gasteiger partial charge in [0.2, 0.25) is 0 Å². The summed E-state index contributed by atoms with van der Waals surface area (Å²) in [5, 5.41) is 9.78. The SMILES string of the molecule is O=C1/C(=C/c2ccc(CO)cc2)SC(=NCc2ccc(F)cc2)N1c1ccccc1. The molecule has 1 aliphatic heterocycles. The van der Waals surface area contributed by atoms with Crippen molar-refractivity contribution in [2.24, 2.45) is 4.99 Å². The summed E-state index contributed by atoms with van der Waals surface area (Å²) in [6, 6.07) is 22.9. The third-order valence-electron chi connectivity index (χ3n) is 4.59. The number of amides is 1. The van der Waals surface area contributed by atoms with Gasteiger partial charge in [0.1, 0.15) is 5.82 Å². The molecule has 3 aromatic carbocycles. The van der Waals surface area contributed by atoms with Crippen LogP contribution in [0.4, 0.5) is 10.1 Å². The van der Waals surface area contributed by atoms with Crippen LogP contribution in [0, 0.1) is 5.82 Å². The molecule has 0 aromatic heterocycles. The van der Waals surface area contributed by atoms with Crippen molar-refractivity contribution in [1.29, 1.82) is 0 Å². The molecule has 0 atom stereocenters. The molecule has 150 valence electrons. The average molecular weight is 418 g/mol. The quantitative estimate of drug-likeness (QED) is 0.594. The first kappa shape index (κ1) is 20.1. The van der Waals surface area contributed by atoms with Gasteiger partial charge in [-0.1, -0.05) is 54.6 Å². The van der Waals surface area contributed by atoms with Crippen molar-refractivity contribution in [1.82, 2.24) is 0 Å². The Bertz CT molecular complexity index is 1090. The monoisotopic (exact) mass is 418 g/mol. The van der Waals surface area contributed by atoms with Gasteiger partial charge in [-0.2, -0.15) is 0 Å². The standard InChI is InChI=1S/C24H19FN2O2S/c25-20-12-10-18(11-13-20)15-26-24-27(21-4-2-1-3-5-21)23(29)22(30-24)14-17-6-8-19(16-28)9-7-17/h1-14,28H,15-16H2/b22-14-,26-24?. The van der Waals surface area contributed by atoms with Gasteiger partial charge in [0, 0.05) is 0 Å². The van der Waals surface area contributed by atoms with Crippen molar-refractivity contribution in [3.63, 3.8) is 0 Å². The van der Waals surface area contributed by atoms with E-state index in [0.29, 0.717) is 16.6 Å². The number of anilines is 1. The first-order chi connectivity index (χ1) is 14.6. The summed E-state index contributed by atoms with van der Waals surface area (Å²) in [7, 11) is 0.